The average Bonchev–Trinajstić information content (AvgIpc) is 2.84. The van der Waals surface area contributed by atoms with Gasteiger partial charge in [0.05, 0.1) is 18.3 Å². The van der Waals surface area contributed by atoms with Gasteiger partial charge in [-0.2, -0.15) is 0 Å². The topological polar surface area (TPSA) is 51.2 Å². The van der Waals surface area contributed by atoms with Gasteiger partial charge in [-0.05, 0) is 31.5 Å². The van der Waals surface area contributed by atoms with E-state index in [1.165, 1.54) is 0 Å². The van der Waals surface area contributed by atoms with Crippen LogP contribution in [0.5, 0.6) is 11.5 Å². The quantitative estimate of drug-likeness (QED) is 0.910. The molecule has 3 rings (SSSR count). The van der Waals surface area contributed by atoms with Gasteiger partial charge in [-0.25, -0.2) is 0 Å². The molecule has 0 radical (unpaired) electrons. The lowest BCUT2D eigenvalue weighted by molar-refractivity contribution is -0.0767. The van der Waals surface area contributed by atoms with Crippen molar-refractivity contribution >= 4 is 0 Å². The van der Waals surface area contributed by atoms with Gasteiger partial charge in [0.1, 0.15) is 0 Å². The Morgan fingerprint density at radius 1 is 1.20 bits per heavy atom. The van der Waals surface area contributed by atoms with Gasteiger partial charge in [-0.3, -0.25) is 4.90 Å². The fraction of sp³-hybridized carbons (Fsp3) is 0.600. The first-order valence-electron chi connectivity index (χ1n) is 7.07. The third kappa shape index (κ3) is 2.90. The number of rotatable bonds is 3. The fourth-order valence-electron chi connectivity index (χ4n) is 2.90. The molecule has 2 aliphatic rings. The number of β-amino-alcohol motifs (C(OH)–C–C–N with tert-alkyl or cyclic N) is 1. The number of morpholine rings is 1. The van der Waals surface area contributed by atoms with Gasteiger partial charge in [0.2, 0.25) is 6.79 Å². The number of ether oxygens (including phenoxy) is 3. The molecule has 2 heterocycles. The summed E-state index contributed by atoms with van der Waals surface area (Å²) in [6.45, 7) is 6.70. The number of aliphatic hydroxyl groups excluding tert-OH is 1. The second kappa shape index (κ2) is 5.60. The van der Waals surface area contributed by atoms with E-state index >= 15 is 0 Å². The summed E-state index contributed by atoms with van der Waals surface area (Å²) >= 11 is 0. The summed E-state index contributed by atoms with van der Waals surface area (Å²) < 4.78 is 16.3. The Balaban J connectivity index is 1.65. The minimum Gasteiger partial charge on any atom is -0.454 e. The molecule has 0 amide bonds. The summed E-state index contributed by atoms with van der Waals surface area (Å²) in [5.74, 6) is 1.46. The molecule has 3 atom stereocenters. The molecule has 5 nitrogen and oxygen atoms in total. The molecule has 1 aromatic rings. The van der Waals surface area contributed by atoms with E-state index in [2.05, 4.69) is 18.7 Å². The third-order valence-corrected chi connectivity index (χ3v) is 3.71. The smallest absolute Gasteiger partial charge is 0.231 e. The number of aliphatic hydroxyl groups is 1. The largest absolute Gasteiger partial charge is 0.454 e. The van der Waals surface area contributed by atoms with Crippen LogP contribution in [0.2, 0.25) is 0 Å². The van der Waals surface area contributed by atoms with Crippen molar-refractivity contribution in [2.24, 2.45) is 0 Å². The van der Waals surface area contributed by atoms with E-state index in [0.29, 0.717) is 12.3 Å². The van der Waals surface area contributed by atoms with Gasteiger partial charge in [-0.1, -0.05) is 6.07 Å². The standard InChI is InChI=1S/C15H21NO4/c1-10-6-16(7-11(2)20-10)8-13(17)12-3-4-14-15(5-12)19-9-18-14/h3-5,10-11,13,17H,6-9H2,1-2H3/t10-,11+,13?. The Hall–Kier alpha value is -1.30. The van der Waals surface area contributed by atoms with Crippen molar-refractivity contribution in [2.75, 3.05) is 26.4 Å². The maximum atomic E-state index is 10.4. The third-order valence-electron chi connectivity index (χ3n) is 3.71. The average molecular weight is 279 g/mol. The molecule has 0 spiro atoms. The van der Waals surface area contributed by atoms with Gasteiger partial charge < -0.3 is 19.3 Å². The molecule has 0 saturated carbocycles. The lowest BCUT2D eigenvalue weighted by Crippen LogP contribution is -2.46. The number of nitrogens with zero attached hydrogens (tertiary/aromatic N) is 1. The predicted octanol–water partition coefficient (Wildman–Crippen LogP) is 1.56. The lowest BCUT2D eigenvalue weighted by Gasteiger charge is -2.36. The summed E-state index contributed by atoms with van der Waals surface area (Å²) in [7, 11) is 0. The van der Waals surface area contributed by atoms with Crippen molar-refractivity contribution in [3.05, 3.63) is 23.8 Å². The van der Waals surface area contributed by atoms with Gasteiger partial charge in [0.25, 0.3) is 0 Å². The Morgan fingerprint density at radius 3 is 2.65 bits per heavy atom. The summed E-state index contributed by atoms with van der Waals surface area (Å²) in [5, 5.41) is 10.4. The van der Waals surface area contributed by atoms with Gasteiger partial charge in [0.15, 0.2) is 11.5 Å². The highest BCUT2D eigenvalue weighted by atomic mass is 16.7. The van der Waals surface area contributed by atoms with Crippen molar-refractivity contribution in [1.82, 2.24) is 4.90 Å². The minimum absolute atomic E-state index is 0.211. The minimum atomic E-state index is -0.526. The van der Waals surface area contributed by atoms with Gasteiger partial charge in [-0.15, -0.1) is 0 Å². The van der Waals surface area contributed by atoms with Crippen LogP contribution in [0.25, 0.3) is 0 Å². The van der Waals surface area contributed by atoms with E-state index in [0.717, 1.165) is 24.4 Å². The van der Waals surface area contributed by atoms with Crippen molar-refractivity contribution < 1.29 is 19.3 Å². The van der Waals surface area contributed by atoms with E-state index in [-0.39, 0.29) is 19.0 Å². The van der Waals surface area contributed by atoms with Crippen molar-refractivity contribution in [2.45, 2.75) is 32.2 Å². The molecule has 110 valence electrons. The molecule has 1 fully saturated rings. The van der Waals surface area contributed by atoms with Crippen molar-refractivity contribution in [3.63, 3.8) is 0 Å². The van der Waals surface area contributed by atoms with Crippen LogP contribution in [-0.4, -0.2) is 48.6 Å². The van der Waals surface area contributed by atoms with Crippen LogP contribution in [0.4, 0.5) is 0 Å². The van der Waals surface area contributed by atoms with Gasteiger partial charge in [0, 0.05) is 19.6 Å². The SMILES string of the molecule is C[C@@H]1CN(CC(O)c2ccc3c(c2)OCO3)C[C@H](C)O1. The number of hydrogen-bond acceptors (Lipinski definition) is 5. The second-order valence-electron chi connectivity index (χ2n) is 5.60. The summed E-state index contributed by atoms with van der Waals surface area (Å²) in [4.78, 5) is 2.24. The molecule has 1 saturated heterocycles. The maximum absolute atomic E-state index is 10.4. The first-order chi connectivity index (χ1) is 9.61. The molecule has 5 heteroatoms. The number of benzene rings is 1. The molecule has 2 aliphatic heterocycles. The monoisotopic (exact) mass is 279 g/mol. The Labute approximate surface area is 119 Å². The Kier molecular flexibility index (Phi) is 3.83. The molecule has 0 bridgehead atoms. The van der Waals surface area contributed by atoms with E-state index in [9.17, 15) is 5.11 Å². The highest BCUT2D eigenvalue weighted by molar-refractivity contribution is 5.45. The predicted molar refractivity (Wildman–Crippen MR) is 74.0 cm³/mol. The first-order valence-corrected chi connectivity index (χ1v) is 7.07. The molecule has 0 aromatic heterocycles. The normalized spacial score (nSPS) is 27.6. The molecule has 1 N–H and O–H groups in total. The van der Waals surface area contributed by atoms with Crippen LogP contribution < -0.4 is 9.47 Å². The highest BCUT2D eigenvalue weighted by Gasteiger charge is 2.25. The van der Waals surface area contributed by atoms with E-state index < -0.39 is 6.10 Å². The maximum Gasteiger partial charge on any atom is 0.231 e. The molecule has 20 heavy (non-hydrogen) atoms. The molecule has 1 aromatic carbocycles. The lowest BCUT2D eigenvalue weighted by atomic mass is 10.1. The molecule has 0 aliphatic carbocycles. The highest BCUT2D eigenvalue weighted by Crippen LogP contribution is 2.34. The second-order valence-corrected chi connectivity index (χ2v) is 5.60. The van der Waals surface area contributed by atoms with Crippen LogP contribution in [0.15, 0.2) is 18.2 Å². The summed E-state index contributed by atoms with van der Waals surface area (Å²) in [5.41, 5.74) is 0.862. The zero-order chi connectivity index (χ0) is 14.1. The van der Waals surface area contributed by atoms with Crippen LogP contribution in [-0.2, 0) is 4.74 Å². The van der Waals surface area contributed by atoms with E-state index in [4.69, 9.17) is 14.2 Å². The number of hydrogen-bond donors (Lipinski definition) is 1. The Bertz CT molecular complexity index is 469. The molecular formula is C15H21NO4. The van der Waals surface area contributed by atoms with Crippen LogP contribution in [0, 0.1) is 0 Å². The van der Waals surface area contributed by atoms with Gasteiger partial charge >= 0.3 is 0 Å². The fourth-order valence-corrected chi connectivity index (χ4v) is 2.90. The first kappa shape index (κ1) is 13.7. The summed E-state index contributed by atoms with van der Waals surface area (Å²) in [6, 6.07) is 5.61. The van der Waals surface area contributed by atoms with Crippen LogP contribution in [0.1, 0.15) is 25.5 Å². The van der Waals surface area contributed by atoms with E-state index in [1.807, 2.05) is 18.2 Å². The molecule has 1 unspecified atom stereocenters. The number of fused-ring (bicyclic) bond motifs is 1. The Morgan fingerprint density at radius 2 is 1.90 bits per heavy atom. The summed E-state index contributed by atoms with van der Waals surface area (Å²) in [6.07, 6.45) is -0.104. The van der Waals surface area contributed by atoms with Crippen LogP contribution in [0.3, 0.4) is 0 Å². The van der Waals surface area contributed by atoms with Crippen LogP contribution >= 0.6 is 0 Å². The van der Waals surface area contributed by atoms with Crippen molar-refractivity contribution in [3.8, 4) is 11.5 Å². The molecular weight excluding hydrogens is 258 g/mol. The van der Waals surface area contributed by atoms with E-state index in [1.54, 1.807) is 0 Å². The zero-order valence-electron chi connectivity index (χ0n) is 11.9. The van der Waals surface area contributed by atoms with Crippen molar-refractivity contribution in [1.29, 1.82) is 0 Å². The zero-order valence-corrected chi connectivity index (χ0v) is 11.9.